The van der Waals surface area contributed by atoms with E-state index in [-0.39, 0.29) is 0 Å². The first-order valence-electron chi connectivity index (χ1n) is 20.3. The Morgan fingerprint density at radius 1 is 0.322 bits per heavy atom. The van der Waals surface area contributed by atoms with Gasteiger partial charge in [-0.15, -0.1) is 0 Å². The van der Waals surface area contributed by atoms with E-state index in [1.165, 1.54) is 42.6 Å². The van der Waals surface area contributed by atoms with E-state index < -0.39 is 8.07 Å². The van der Waals surface area contributed by atoms with Crippen molar-refractivity contribution in [1.29, 1.82) is 0 Å². The summed E-state index contributed by atoms with van der Waals surface area (Å²) in [6.07, 6.45) is 0. The normalized spacial score (nSPS) is 11.7. The largest absolute Gasteiger partial charge is 0.455 e. The Morgan fingerprint density at radius 3 is 1.53 bits per heavy atom. The molecule has 59 heavy (non-hydrogen) atoms. The van der Waals surface area contributed by atoms with Gasteiger partial charge in [0, 0.05) is 32.9 Å². The maximum atomic E-state index is 6.57. The SMILES string of the molecule is c1ccc(-c2ccc(N(c3ccc4ccc([Si](c5ccccc5)(c5ccccc5)c5ccccc5)cc4c3)c3cccc4c3ccc3c5ccccc5oc43)cc2)cc1. The minimum Gasteiger partial charge on any atom is -0.455 e. The Labute approximate surface area is 344 Å². The average Bonchev–Trinajstić information content (AvgIpc) is 3.70. The van der Waals surface area contributed by atoms with E-state index in [2.05, 4.69) is 235 Å². The van der Waals surface area contributed by atoms with E-state index in [1.807, 2.05) is 6.07 Å². The topological polar surface area (TPSA) is 16.4 Å². The number of para-hydroxylation sites is 1. The van der Waals surface area contributed by atoms with Gasteiger partial charge in [0.1, 0.15) is 11.2 Å². The number of furan rings is 1. The van der Waals surface area contributed by atoms with E-state index in [0.29, 0.717) is 0 Å². The molecule has 1 heterocycles. The number of rotatable bonds is 8. The van der Waals surface area contributed by atoms with Crippen LogP contribution in [0.4, 0.5) is 17.1 Å². The molecule has 0 aliphatic carbocycles. The first-order valence-corrected chi connectivity index (χ1v) is 22.3. The zero-order valence-corrected chi connectivity index (χ0v) is 33.4. The molecule has 0 amide bonds. The lowest BCUT2D eigenvalue weighted by molar-refractivity contribution is 0.672. The second kappa shape index (κ2) is 14.5. The molecule has 278 valence electrons. The lowest BCUT2D eigenvalue weighted by Gasteiger charge is -2.34. The van der Waals surface area contributed by atoms with Crippen molar-refractivity contribution in [3.8, 4) is 11.1 Å². The van der Waals surface area contributed by atoms with Gasteiger partial charge in [0.25, 0.3) is 0 Å². The van der Waals surface area contributed by atoms with Crippen LogP contribution in [-0.4, -0.2) is 8.07 Å². The number of fused-ring (bicyclic) bond motifs is 6. The van der Waals surface area contributed by atoms with Crippen LogP contribution in [0.25, 0.3) is 54.6 Å². The molecule has 11 rings (SSSR count). The molecule has 3 heteroatoms. The standard InChI is InChI=1S/C56H39NOSi/c1-5-16-40(17-6-1)41-28-32-44(33-29-41)57(54-26-15-25-52-50(54)36-37-53-51-24-13-14-27-55(51)58-56(52)53)45-34-30-42-31-35-49(39-43(42)38-45)59(46-18-7-2-8-19-46,47-20-9-3-10-21-47)48-22-11-4-12-23-48/h1-39H. The van der Waals surface area contributed by atoms with Gasteiger partial charge in [-0.05, 0) is 85.1 Å². The molecule has 10 aromatic carbocycles. The summed E-state index contributed by atoms with van der Waals surface area (Å²) in [5, 5.41) is 12.3. The van der Waals surface area contributed by atoms with Gasteiger partial charge in [-0.1, -0.05) is 194 Å². The van der Waals surface area contributed by atoms with Crippen LogP contribution in [0, 0.1) is 0 Å². The number of hydrogen-bond donors (Lipinski definition) is 0. The van der Waals surface area contributed by atoms with Gasteiger partial charge in [0.05, 0.1) is 5.69 Å². The molecule has 1 aromatic heterocycles. The van der Waals surface area contributed by atoms with Crippen LogP contribution in [0.2, 0.25) is 0 Å². The fourth-order valence-electron chi connectivity index (χ4n) is 9.25. The second-order valence-corrected chi connectivity index (χ2v) is 19.1. The Kier molecular flexibility index (Phi) is 8.53. The highest BCUT2D eigenvalue weighted by atomic mass is 28.3. The summed E-state index contributed by atoms with van der Waals surface area (Å²) >= 11 is 0. The van der Waals surface area contributed by atoms with Crippen molar-refractivity contribution in [3.63, 3.8) is 0 Å². The smallest absolute Gasteiger partial charge is 0.179 e. The zero-order chi connectivity index (χ0) is 39.2. The molecule has 0 atom stereocenters. The van der Waals surface area contributed by atoms with Crippen LogP contribution in [0.15, 0.2) is 241 Å². The van der Waals surface area contributed by atoms with Gasteiger partial charge >= 0.3 is 0 Å². The van der Waals surface area contributed by atoms with Gasteiger partial charge in [-0.25, -0.2) is 0 Å². The molecule has 0 radical (unpaired) electrons. The van der Waals surface area contributed by atoms with Gasteiger partial charge < -0.3 is 9.32 Å². The summed E-state index contributed by atoms with van der Waals surface area (Å²) in [6.45, 7) is 0. The van der Waals surface area contributed by atoms with Gasteiger partial charge in [-0.2, -0.15) is 0 Å². The van der Waals surface area contributed by atoms with Crippen molar-refractivity contribution >= 4 is 89.4 Å². The molecule has 2 nitrogen and oxygen atoms in total. The highest BCUT2D eigenvalue weighted by molar-refractivity contribution is 7.20. The van der Waals surface area contributed by atoms with E-state index in [4.69, 9.17) is 4.42 Å². The highest BCUT2D eigenvalue weighted by Crippen LogP contribution is 2.43. The quantitative estimate of drug-likeness (QED) is 0.113. The number of hydrogen-bond acceptors (Lipinski definition) is 2. The van der Waals surface area contributed by atoms with Crippen LogP contribution in [-0.2, 0) is 0 Å². The summed E-state index contributed by atoms with van der Waals surface area (Å²) in [4.78, 5) is 2.41. The van der Waals surface area contributed by atoms with Crippen LogP contribution in [0.5, 0.6) is 0 Å². The first-order chi connectivity index (χ1) is 29.3. The third-order valence-electron chi connectivity index (χ3n) is 12.0. The monoisotopic (exact) mass is 769 g/mol. The van der Waals surface area contributed by atoms with E-state index in [0.717, 1.165) is 49.8 Å². The third-order valence-corrected chi connectivity index (χ3v) is 16.8. The molecular weight excluding hydrogens is 731 g/mol. The van der Waals surface area contributed by atoms with Crippen LogP contribution >= 0.6 is 0 Å². The fraction of sp³-hybridized carbons (Fsp3) is 0. The molecule has 0 unspecified atom stereocenters. The predicted octanol–water partition coefficient (Wildman–Crippen LogP) is 12.4. The lowest BCUT2D eigenvalue weighted by atomic mass is 10.0. The molecule has 0 aliphatic heterocycles. The zero-order valence-electron chi connectivity index (χ0n) is 32.4. The number of benzene rings is 10. The molecular formula is C56H39NOSi. The fourth-order valence-corrected chi connectivity index (χ4v) is 14.0. The van der Waals surface area contributed by atoms with Gasteiger partial charge in [-0.3, -0.25) is 0 Å². The summed E-state index contributed by atoms with van der Waals surface area (Å²) in [5.41, 5.74) is 7.46. The summed E-state index contributed by atoms with van der Waals surface area (Å²) < 4.78 is 6.57. The Morgan fingerprint density at radius 2 is 0.847 bits per heavy atom. The van der Waals surface area contributed by atoms with Crippen LogP contribution < -0.4 is 25.6 Å². The minimum atomic E-state index is -2.73. The Hall–Kier alpha value is -7.46. The molecule has 0 N–H and O–H groups in total. The molecule has 0 fully saturated rings. The summed E-state index contributed by atoms with van der Waals surface area (Å²) in [6, 6.07) is 86.5. The molecule has 11 aromatic rings. The average molecular weight is 770 g/mol. The summed E-state index contributed by atoms with van der Waals surface area (Å²) in [5.74, 6) is 0. The number of nitrogens with zero attached hydrogens (tertiary/aromatic N) is 1. The third kappa shape index (κ3) is 5.86. The van der Waals surface area contributed by atoms with Gasteiger partial charge in [0.2, 0.25) is 0 Å². The molecule has 0 saturated carbocycles. The van der Waals surface area contributed by atoms with Crippen LogP contribution in [0.3, 0.4) is 0 Å². The number of anilines is 3. The minimum absolute atomic E-state index is 0.903. The molecule has 0 saturated heterocycles. The molecule has 0 spiro atoms. The molecule has 0 aliphatic rings. The van der Waals surface area contributed by atoms with Crippen molar-refractivity contribution in [2.45, 2.75) is 0 Å². The van der Waals surface area contributed by atoms with Crippen molar-refractivity contribution in [2.75, 3.05) is 4.90 Å². The van der Waals surface area contributed by atoms with Crippen molar-refractivity contribution in [3.05, 3.63) is 237 Å². The summed E-state index contributed by atoms with van der Waals surface area (Å²) in [7, 11) is -2.73. The van der Waals surface area contributed by atoms with E-state index >= 15 is 0 Å². The first kappa shape index (κ1) is 34.8. The lowest BCUT2D eigenvalue weighted by Crippen LogP contribution is -2.74. The van der Waals surface area contributed by atoms with Crippen molar-refractivity contribution in [1.82, 2.24) is 0 Å². The van der Waals surface area contributed by atoms with Gasteiger partial charge in [0.15, 0.2) is 8.07 Å². The second-order valence-electron chi connectivity index (χ2n) is 15.3. The van der Waals surface area contributed by atoms with Crippen molar-refractivity contribution in [2.24, 2.45) is 0 Å². The van der Waals surface area contributed by atoms with E-state index in [9.17, 15) is 0 Å². The van der Waals surface area contributed by atoms with E-state index in [1.54, 1.807) is 0 Å². The Balaban J connectivity index is 1.14. The maximum Gasteiger partial charge on any atom is 0.179 e. The van der Waals surface area contributed by atoms with Crippen molar-refractivity contribution < 1.29 is 4.42 Å². The molecule has 0 bridgehead atoms. The Bertz CT molecular complexity index is 3150. The highest BCUT2D eigenvalue weighted by Gasteiger charge is 2.41. The van der Waals surface area contributed by atoms with Crippen LogP contribution in [0.1, 0.15) is 0 Å². The predicted molar refractivity (Wildman–Crippen MR) is 252 cm³/mol. The maximum absolute atomic E-state index is 6.57.